The molecule has 0 amide bonds. The van der Waals surface area contributed by atoms with E-state index in [1.807, 2.05) is 4.90 Å². The third-order valence-corrected chi connectivity index (χ3v) is 7.34. The zero-order chi connectivity index (χ0) is 28.2. The Balaban J connectivity index is 1.44. The first-order valence-electron chi connectivity index (χ1n) is 12.5. The molecule has 0 saturated carbocycles. The van der Waals surface area contributed by atoms with E-state index in [9.17, 15) is 28.2 Å². The van der Waals surface area contributed by atoms with Crippen LogP contribution in [0.15, 0.2) is 36.5 Å². The summed E-state index contributed by atoms with van der Waals surface area (Å²) in [6.07, 6.45) is 0.392. The van der Waals surface area contributed by atoms with Crippen LogP contribution in [0.3, 0.4) is 0 Å². The molecule has 206 valence electrons. The van der Waals surface area contributed by atoms with E-state index >= 15 is 4.39 Å². The fourth-order valence-electron chi connectivity index (χ4n) is 5.01. The topological polar surface area (TPSA) is 82.9 Å². The van der Waals surface area contributed by atoms with Crippen molar-refractivity contribution in [3.8, 4) is 17.6 Å². The van der Waals surface area contributed by atoms with Gasteiger partial charge in [0, 0.05) is 41.9 Å². The number of benzene rings is 2. The number of aliphatic carboxylic acids is 1. The van der Waals surface area contributed by atoms with E-state index in [0.717, 1.165) is 6.07 Å². The fourth-order valence-corrected chi connectivity index (χ4v) is 5.01. The second kappa shape index (κ2) is 12.0. The molecular weight excluding hydrogens is 516 g/mol. The molecule has 6 nitrogen and oxygen atoms in total. The Morgan fingerprint density at radius 1 is 1.21 bits per heavy atom. The van der Waals surface area contributed by atoms with Crippen molar-refractivity contribution in [3.63, 3.8) is 0 Å². The van der Waals surface area contributed by atoms with Crippen molar-refractivity contribution >= 4 is 16.9 Å². The number of fused-ring (bicyclic) bond motifs is 1. The molecule has 1 saturated heterocycles. The highest BCUT2D eigenvalue weighted by molar-refractivity contribution is 5.85. The Morgan fingerprint density at radius 3 is 2.62 bits per heavy atom. The molecule has 1 fully saturated rings. The van der Waals surface area contributed by atoms with Crippen LogP contribution in [0, 0.1) is 34.7 Å². The zero-order valence-electron chi connectivity index (χ0n) is 21.3. The molecule has 10 heteroatoms. The van der Waals surface area contributed by atoms with Gasteiger partial charge in [-0.3, -0.25) is 14.7 Å². The maximum atomic E-state index is 15.7. The van der Waals surface area contributed by atoms with Gasteiger partial charge in [-0.2, -0.15) is 0 Å². The number of aliphatic hydroxyl groups excluding tert-OH is 1. The minimum absolute atomic E-state index is 0.0696. The number of aromatic nitrogens is 1. The van der Waals surface area contributed by atoms with Crippen LogP contribution < -0.4 is 4.74 Å². The predicted molar refractivity (Wildman–Crippen MR) is 136 cm³/mol. The minimum atomic E-state index is -1.54. The molecule has 2 heterocycles. The standard InChI is InChI=1S/C29H28F4N2O4/c1-39-21-4-5-25-22(15-21)26(19(17-36)16-34-25)23(31)6-7-29(28(37)38)8-11-35(12-9-29)10-2-3-18-13-20(30)14-24(32)27(18)33/h4-5,13-16,23,36H,6-12,17H2,1H3,(H,37,38)/t23-/m0/s1. The number of rotatable bonds is 8. The molecule has 0 aliphatic carbocycles. The van der Waals surface area contributed by atoms with Gasteiger partial charge in [0.25, 0.3) is 0 Å². The van der Waals surface area contributed by atoms with Gasteiger partial charge < -0.3 is 14.9 Å². The van der Waals surface area contributed by atoms with Crippen LogP contribution in [0.2, 0.25) is 0 Å². The molecule has 0 radical (unpaired) electrons. The van der Waals surface area contributed by atoms with Crippen molar-refractivity contribution in [2.45, 2.75) is 38.5 Å². The summed E-state index contributed by atoms with van der Waals surface area (Å²) in [5.74, 6) is 1.14. The van der Waals surface area contributed by atoms with E-state index < -0.39 is 41.6 Å². The van der Waals surface area contributed by atoms with Crippen LogP contribution in [-0.2, 0) is 11.4 Å². The first kappa shape index (κ1) is 28.3. The molecule has 39 heavy (non-hydrogen) atoms. The van der Waals surface area contributed by atoms with Crippen LogP contribution >= 0.6 is 0 Å². The van der Waals surface area contributed by atoms with Crippen LogP contribution in [0.5, 0.6) is 5.75 Å². The number of halogens is 4. The molecule has 1 atom stereocenters. The summed E-state index contributed by atoms with van der Waals surface area (Å²) in [4.78, 5) is 18.4. The Bertz CT molecular complexity index is 1420. The van der Waals surface area contributed by atoms with Crippen LogP contribution in [0.1, 0.15) is 48.5 Å². The predicted octanol–water partition coefficient (Wildman–Crippen LogP) is 5.16. The lowest BCUT2D eigenvalue weighted by Gasteiger charge is -2.38. The molecule has 3 aromatic rings. The number of piperidine rings is 1. The summed E-state index contributed by atoms with van der Waals surface area (Å²) in [7, 11) is 1.49. The highest BCUT2D eigenvalue weighted by Crippen LogP contribution is 2.41. The number of ether oxygens (including phenoxy) is 1. The lowest BCUT2D eigenvalue weighted by Crippen LogP contribution is -2.44. The number of hydrogen-bond acceptors (Lipinski definition) is 5. The van der Waals surface area contributed by atoms with Crippen molar-refractivity contribution < 1.29 is 37.3 Å². The van der Waals surface area contributed by atoms with Crippen molar-refractivity contribution in [1.82, 2.24) is 9.88 Å². The average Bonchev–Trinajstić information content (AvgIpc) is 2.93. The van der Waals surface area contributed by atoms with E-state index in [0.29, 0.717) is 41.4 Å². The third-order valence-electron chi connectivity index (χ3n) is 7.34. The highest BCUT2D eigenvalue weighted by atomic mass is 19.2. The van der Waals surface area contributed by atoms with Gasteiger partial charge in [-0.1, -0.05) is 11.8 Å². The van der Waals surface area contributed by atoms with Gasteiger partial charge in [-0.05, 0) is 49.9 Å². The lowest BCUT2D eigenvalue weighted by atomic mass is 9.74. The zero-order valence-corrected chi connectivity index (χ0v) is 21.3. The molecule has 0 bridgehead atoms. The van der Waals surface area contributed by atoms with Crippen molar-refractivity contribution in [1.29, 1.82) is 0 Å². The number of nitrogens with zero attached hydrogens (tertiary/aromatic N) is 2. The number of carboxylic acid groups (broad SMARTS) is 1. The first-order chi connectivity index (χ1) is 18.7. The highest BCUT2D eigenvalue weighted by Gasteiger charge is 2.41. The van der Waals surface area contributed by atoms with Gasteiger partial charge in [0.2, 0.25) is 0 Å². The smallest absolute Gasteiger partial charge is 0.309 e. The number of aliphatic hydroxyl groups is 1. The van der Waals surface area contributed by atoms with Crippen molar-refractivity contribution in [2.75, 3.05) is 26.7 Å². The van der Waals surface area contributed by atoms with Gasteiger partial charge >= 0.3 is 5.97 Å². The lowest BCUT2D eigenvalue weighted by molar-refractivity contribution is -0.152. The van der Waals surface area contributed by atoms with Crippen molar-refractivity contribution in [2.24, 2.45) is 5.41 Å². The number of alkyl halides is 1. The maximum absolute atomic E-state index is 15.7. The molecule has 1 aliphatic rings. The second-order valence-corrected chi connectivity index (χ2v) is 9.66. The van der Waals surface area contributed by atoms with Gasteiger partial charge in [0.05, 0.1) is 36.8 Å². The van der Waals surface area contributed by atoms with E-state index in [-0.39, 0.29) is 43.4 Å². The Morgan fingerprint density at radius 2 is 1.95 bits per heavy atom. The van der Waals surface area contributed by atoms with Crippen LogP contribution in [0.25, 0.3) is 10.9 Å². The summed E-state index contributed by atoms with van der Waals surface area (Å²) in [6, 6.07) is 6.31. The summed E-state index contributed by atoms with van der Waals surface area (Å²) in [6.45, 7) is 0.455. The van der Waals surface area contributed by atoms with E-state index in [1.54, 1.807) is 18.2 Å². The molecule has 2 N–H and O–H groups in total. The second-order valence-electron chi connectivity index (χ2n) is 9.66. The molecule has 1 aromatic heterocycles. The van der Waals surface area contributed by atoms with Crippen LogP contribution in [0.4, 0.5) is 17.6 Å². The van der Waals surface area contributed by atoms with E-state index in [4.69, 9.17) is 4.74 Å². The molecular formula is C29H28F4N2O4. The Kier molecular flexibility index (Phi) is 8.73. The summed E-state index contributed by atoms with van der Waals surface area (Å²) in [5, 5.41) is 20.4. The molecule has 2 aromatic carbocycles. The fraction of sp³-hybridized carbons (Fsp3) is 0.379. The monoisotopic (exact) mass is 544 g/mol. The number of carbonyl (C=O) groups is 1. The van der Waals surface area contributed by atoms with Crippen molar-refractivity contribution in [3.05, 3.63) is 70.7 Å². The Hall–Kier alpha value is -3.68. The van der Waals surface area contributed by atoms with E-state index in [1.165, 1.54) is 13.3 Å². The van der Waals surface area contributed by atoms with Crippen LogP contribution in [-0.4, -0.2) is 52.8 Å². The Labute approximate surface area is 223 Å². The number of pyridine rings is 1. The first-order valence-corrected chi connectivity index (χ1v) is 12.5. The normalized spacial score (nSPS) is 15.9. The quantitative estimate of drug-likeness (QED) is 0.232. The number of methoxy groups -OCH3 is 1. The summed E-state index contributed by atoms with van der Waals surface area (Å²) < 4.78 is 61.5. The van der Waals surface area contributed by atoms with Gasteiger partial charge in [-0.15, -0.1) is 0 Å². The number of hydrogen-bond donors (Lipinski definition) is 2. The summed E-state index contributed by atoms with van der Waals surface area (Å²) in [5.41, 5.74) is -0.395. The third kappa shape index (κ3) is 6.15. The van der Waals surface area contributed by atoms with Gasteiger partial charge in [0.15, 0.2) is 11.6 Å². The number of carboxylic acids is 1. The summed E-state index contributed by atoms with van der Waals surface area (Å²) >= 11 is 0. The van der Waals surface area contributed by atoms with E-state index in [2.05, 4.69) is 16.8 Å². The number of likely N-dealkylation sites (tertiary alicyclic amines) is 1. The minimum Gasteiger partial charge on any atom is -0.497 e. The van der Waals surface area contributed by atoms with Gasteiger partial charge in [0.1, 0.15) is 17.7 Å². The maximum Gasteiger partial charge on any atom is 0.309 e. The molecule has 1 aliphatic heterocycles. The molecule has 0 spiro atoms. The SMILES string of the molecule is COc1ccc2ncc(CO)c([C@@H](F)CCC3(C(=O)O)CCN(CC#Cc4cc(F)cc(F)c4F)CC3)c2c1. The molecule has 0 unspecified atom stereocenters. The molecule has 4 rings (SSSR count). The largest absolute Gasteiger partial charge is 0.497 e. The van der Waals surface area contributed by atoms with Gasteiger partial charge in [-0.25, -0.2) is 17.6 Å². The average molecular weight is 545 g/mol.